The lowest BCUT2D eigenvalue weighted by molar-refractivity contribution is 0.697. The molecule has 1 aliphatic heterocycles. The van der Waals surface area contributed by atoms with E-state index in [2.05, 4.69) is 21.7 Å². The van der Waals surface area contributed by atoms with Crippen molar-refractivity contribution >= 4 is 5.82 Å². The maximum atomic E-state index is 8.72. The zero-order chi connectivity index (χ0) is 11.2. The van der Waals surface area contributed by atoms with Crippen molar-refractivity contribution in [3.05, 3.63) is 35.5 Å². The molecule has 0 bridgehead atoms. The number of hydrogen-bond donors (Lipinski definition) is 2. The molecule has 16 heavy (non-hydrogen) atoms. The molecule has 4 heteroatoms. The number of aromatic nitrogens is 1. The van der Waals surface area contributed by atoms with Crippen LogP contribution >= 0.6 is 0 Å². The van der Waals surface area contributed by atoms with Crippen molar-refractivity contribution in [2.45, 2.75) is 6.42 Å². The second-order valence-corrected chi connectivity index (χ2v) is 3.69. The Morgan fingerprint density at radius 1 is 1.50 bits per heavy atom. The summed E-state index contributed by atoms with van der Waals surface area (Å²) in [4.78, 5) is 4.16. The summed E-state index contributed by atoms with van der Waals surface area (Å²) in [5.41, 5.74) is 1.84. The maximum Gasteiger partial charge on any atom is 0.142 e. The van der Waals surface area contributed by atoms with Crippen molar-refractivity contribution in [3.8, 4) is 6.07 Å². The number of anilines is 1. The van der Waals surface area contributed by atoms with E-state index in [0.717, 1.165) is 31.9 Å². The van der Waals surface area contributed by atoms with Crippen molar-refractivity contribution in [1.29, 1.82) is 5.26 Å². The molecule has 0 aliphatic carbocycles. The summed E-state index contributed by atoms with van der Waals surface area (Å²) in [5.74, 6) is 0.762. The van der Waals surface area contributed by atoms with Crippen LogP contribution in [-0.4, -0.2) is 24.6 Å². The van der Waals surface area contributed by atoms with Crippen LogP contribution in [0, 0.1) is 11.3 Å². The first-order valence-corrected chi connectivity index (χ1v) is 5.38. The average molecular weight is 214 g/mol. The first-order chi connectivity index (χ1) is 7.88. The van der Waals surface area contributed by atoms with Gasteiger partial charge in [-0.1, -0.05) is 17.7 Å². The molecule has 0 unspecified atom stereocenters. The lowest BCUT2D eigenvalue weighted by atomic mass is 10.1. The van der Waals surface area contributed by atoms with Crippen LogP contribution in [0.2, 0.25) is 0 Å². The standard InChI is InChI=1S/C12H14N4/c13-8-11-2-1-3-12(16-11)15-9-10-4-6-14-7-5-10/h1-4,14H,5-7,9H2,(H,15,16). The SMILES string of the molecule is N#Cc1cccc(NCC2=CCNCC2)n1. The van der Waals surface area contributed by atoms with Gasteiger partial charge < -0.3 is 10.6 Å². The van der Waals surface area contributed by atoms with Gasteiger partial charge >= 0.3 is 0 Å². The largest absolute Gasteiger partial charge is 0.366 e. The van der Waals surface area contributed by atoms with Crippen LogP contribution in [0.5, 0.6) is 0 Å². The second-order valence-electron chi connectivity index (χ2n) is 3.69. The first-order valence-electron chi connectivity index (χ1n) is 5.38. The fourth-order valence-electron chi connectivity index (χ4n) is 1.63. The summed E-state index contributed by atoms with van der Waals surface area (Å²) in [6, 6.07) is 7.45. The van der Waals surface area contributed by atoms with Crippen LogP contribution in [0.3, 0.4) is 0 Å². The van der Waals surface area contributed by atoms with E-state index in [4.69, 9.17) is 5.26 Å². The molecule has 4 nitrogen and oxygen atoms in total. The highest BCUT2D eigenvalue weighted by Gasteiger charge is 2.03. The van der Waals surface area contributed by atoms with Gasteiger partial charge in [-0.05, 0) is 25.1 Å². The van der Waals surface area contributed by atoms with Gasteiger partial charge in [-0.2, -0.15) is 5.26 Å². The monoisotopic (exact) mass is 214 g/mol. The third kappa shape index (κ3) is 2.81. The number of hydrogen-bond acceptors (Lipinski definition) is 4. The number of nitriles is 1. The Labute approximate surface area is 95.0 Å². The third-order valence-electron chi connectivity index (χ3n) is 2.52. The number of nitrogens with zero attached hydrogens (tertiary/aromatic N) is 2. The van der Waals surface area contributed by atoms with E-state index in [1.54, 1.807) is 6.07 Å². The smallest absolute Gasteiger partial charge is 0.142 e. The Morgan fingerprint density at radius 3 is 3.19 bits per heavy atom. The van der Waals surface area contributed by atoms with Crippen LogP contribution in [0.1, 0.15) is 12.1 Å². The van der Waals surface area contributed by atoms with Crippen LogP contribution in [-0.2, 0) is 0 Å². The van der Waals surface area contributed by atoms with Gasteiger partial charge in [0.2, 0.25) is 0 Å². The molecule has 82 valence electrons. The molecule has 2 rings (SSSR count). The molecule has 0 spiro atoms. The summed E-state index contributed by atoms with van der Waals surface area (Å²) in [7, 11) is 0. The van der Waals surface area contributed by atoms with Crippen molar-refractivity contribution in [2.24, 2.45) is 0 Å². The summed E-state index contributed by atoms with van der Waals surface area (Å²) in [5, 5.41) is 15.2. The topological polar surface area (TPSA) is 60.7 Å². The van der Waals surface area contributed by atoms with Crippen LogP contribution in [0.4, 0.5) is 5.82 Å². The minimum atomic E-state index is 0.448. The maximum absolute atomic E-state index is 8.72. The molecule has 1 aromatic heterocycles. The van der Waals surface area contributed by atoms with Crippen LogP contribution in [0.15, 0.2) is 29.8 Å². The van der Waals surface area contributed by atoms with Crippen LogP contribution < -0.4 is 10.6 Å². The molecular formula is C12H14N4. The number of nitrogens with one attached hydrogen (secondary N) is 2. The summed E-state index contributed by atoms with van der Waals surface area (Å²) >= 11 is 0. The first kappa shape index (κ1) is 10.7. The van der Waals surface area contributed by atoms with Crippen molar-refractivity contribution < 1.29 is 0 Å². The Morgan fingerprint density at radius 2 is 2.44 bits per heavy atom. The van der Waals surface area contributed by atoms with Crippen molar-refractivity contribution in [1.82, 2.24) is 10.3 Å². The predicted molar refractivity (Wildman–Crippen MR) is 63.0 cm³/mol. The van der Waals surface area contributed by atoms with E-state index in [9.17, 15) is 0 Å². The van der Waals surface area contributed by atoms with E-state index in [1.807, 2.05) is 18.2 Å². The summed E-state index contributed by atoms with van der Waals surface area (Å²) in [6.07, 6.45) is 3.27. The molecule has 2 N–H and O–H groups in total. The highest BCUT2D eigenvalue weighted by Crippen LogP contribution is 2.08. The highest BCUT2D eigenvalue weighted by atomic mass is 15.0. The van der Waals surface area contributed by atoms with Crippen molar-refractivity contribution in [2.75, 3.05) is 25.0 Å². The Hall–Kier alpha value is -1.86. The van der Waals surface area contributed by atoms with Gasteiger partial charge in [0.1, 0.15) is 17.6 Å². The zero-order valence-electron chi connectivity index (χ0n) is 9.03. The second kappa shape index (κ2) is 5.29. The summed E-state index contributed by atoms with van der Waals surface area (Å²) in [6.45, 7) is 2.80. The van der Waals surface area contributed by atoms with Gasteiger partial charge in [0.15, 0.2) is 0 Å². The molecule has 0 saturated carbocycles. The normalized spacial score (nSPS) is 15.1. The molecule has 2 heterocycles. The molecule has 0 atom stereocenters. The Kier molecular flexibility index (Phi) is 3.52. The fourth-order valence-corrected chi connectivity index (χ4v) is 1.63. The van der Waals surface area contributed by atoms with E-state index in [1.165, 1.54) is 5.57 Å². The molecule has 0 fully saturated rings. The van der Waals surface area contributed by atoms with Gasteiger partial charge in [-0.3, -0.25) is 0 Å². The van der Waals surface area contributed by atoms with Crippen molar-refractivity contribution in [3.63, 3.8) is 0 Å². The van der Waals surface area contributed by atoms with E-state index in [-0.39, 0.29) is 0 Å². The number of rotatable bonds is 3. The predicted octanol–water partition coefficient (Wildman–Crippen LogP) is 1.28. The van der Waals surface area contributed by atoms with Gasteiger partial charge in [-0.15, -0.1) is 0 Å². The van der Waals surface area contributed by atoms with E-state index >= 15 is 0 Å². The molecule has 1 aromatic rings. The Bertz CT molecular complexity index is 431. The van der Waals surface area contributed by atoms with Gasteiger partial charge in [-0.25, -0.2) is 4.98 Å². The molecule has 0 saturated heterocycles. The van der Waals surface area contributed by atoms with Crippen LogP contribution in [0.25, 0.3) is 0 Å². The average Bonchev–Trinajstić information content (AvgIpc) is 2.38. The van der Waals surface area contributed by atoms with Gasteiger partial charge in [0.05, 0.1) is 0 Å². The lowest BCUT2D eigenvalue weighted by Gasteiger charge is -2.14. The Balaban J connectivity index is 1.94. The molecule has 0 amide bonds. The summed E-state index contributed by atoms with van der Waals surface area (Å²) < 4.78 is 0. The minimum Gasteiger partial charge on any atom is -0.366 e. The molecule has 0 radical (unpaired) electrons. The third-order valence-corrected chi connectivity index (χ3v) is 2.52. The number of pyridine rings is 1. The van der Waals surface area contributed by atoms with E-state index < -0.39 is 0 Å². The minimum absolute atomic E-state index is 0.448. The quantitative estimate of drug-likeness (QED) is 0.744. The lowest BCUT2D eigenvalue weighted by Crippen LogP contribution is -2.23. The highest BCUT2D eigenvalue weighted by molar-refractivity contribution is 5.39. The van der Waals surface area contributed by atoms with Gasteiger partial charge in [0.25, 0.3) is 0 Å². The van der Waals surface area contributed by atoms with E-state index in [0.29, 0.717) is 5.69 Å². The van der Waals surface area contributed by atoms with Gasteiger partial charge in [0, 0.05) is 13.1 Å². The molecular weight excluding hydrogens is 200 g/mol. The fraction of sp³-hybridized carbons (Fsp3) is 0.333. The molecule has 0 aromatic carbocycles. The zero-order valence-corrected chi connectivity index (χ0v) is 9.03. The molecule has 1 aliphatic rings.